The molecule has 0 spiro atoms. The molecule has 0 saturated carbocycles. The largest absolute Gasteiger partial charge is 0.344 e. The van der Waals surface area contributed by atoms with Crippen molar-refractivity contribution in [2.24, 2.45) is 0 Å². The lowest BCUT2D eigenvalue weighted by Crippen LogP contribution is -2.56. The smallest absolute Gasteiger partial charge is 0.282 e. The van der Waals surface area contributed by atoms with E-state index in [4.69, 9.17) is 0 Å². The number of hydrogen-bond donors (Lipinski definition) is 2. The quantitative estimate of drug-likeness (QED) is 0.337. The van der Waals surface area contributed by atoms with Crippen molar-refractivity contribution in [2.45, 2.75) is 31.2 Å². The Morgan fingerprint density at radius 2 is 1.77 bits per heavy atom. The van der Waals surface area contributed by atoms with Gasteiger partial charge in [0.15, 0.2) is 5.69 Å². The van der Waals surface area contributed by atoms with Crippen LogP contribution in [0.5, 0.6) is 0 Å². The fourth-order valence-electron chi connectivity index (χ4n) is 4.93. The van der Waals surface area contributed by atoms with Gasteiger partial charge in [0.1, 0.15) is 5.82 Å². The van der Waals surface area contributed by atoms with E-state index in [1.54, 1.807) is 24.5 Å². The fraction of sp³-hybridized carbons (Fsp3) is 0.333. The minimum Gasteiger partial charge on any atom is -0.344 e. The van der Waals surface area contributed by atoms with Crippen LogP contribution in [0.25, 0.3) is 22.0 Å². The molecule has 3 aromatic heterocycles. The lowest BCUT2D eigenvalue weighted by molar-refractivity contribution is -0.0566. The molecule has 5 heterocycles. The molecule has 4 aromatic rings. The highest BCUT2D eigenvalue weighted by atomic mass is 19.3. The van der Waals surface area contributed by atoms with Crippen molar-refractivity contribution in [3.63, 3.8) is 0 Å². The number of amides is 1. The van der Waals surface area contributed by atoms with Crippen LogP contribution in [0.15, 0.2) is 55.0 Å². The van der Waals surface area contributed by atoms with Crippen LogP contribution >= 0.6 is 0 Å². The van der Waals surface area contributed by atoms with E-state index < -0.39 is 30.8 Å². The molecule has 39 heavy (non-hydrogen) atoms. The second-order valence-electron chi connectivity index (χ2n) is 10.1. The van der Waals surface area contributed by atoms with Crippen molar-refractivity contribution >= 4 is 28.3 Å². The molecule has 2 aliphatic rings. The Labute approximate surface area is 221 Å². The molecular weight excluding hydrogens is 514 g/mol. The van der Waals surface area contributed by atoms with Crippen LogP contribution < -0.4 is 10.2 Å². The molecule has 0 radical (unpaired) electrons. The number of rotatable bonds is 6. The Kier molecular flexibility index (Phi) is 6.21. The number of carbonyl (C=O) groups is 1. The molecule has 2 fully saturated rings. The van der Waals surface area contributed by atoms with Gasteiger partial charge >= 0.3 is 0 Å². The third kappa shape index (κ3) is 5.42. The zero-order valence-electron chi connectivity index (χ0n) is 20.8. The van der Waals surface area contributed by atoms with Crippen LogP contribution in [0.1, 0.15) is 28.9 Å². The number of likely N-dealkylation sites (tertiary alicyclic amines) is 1. The topological polar surface area (TPSA) is 90.0 Å². The Morgan fingerprint density at radius 1 is 0.974 bits per heavy atom. The van der Waals surface area contributed by atoms with Crippen LogP contribution in [-0.4, -0.2) is 69.0 Å². The Morgan fingerprint density at radius 3 is 2.54 bits per heavy atom. The second kappa shape index (κ2) is 9.60. The molecule has 1 aromatic carbocycles. The summed E-state index contributed by atoms with van der Waals surface area (Å²) in [6.07, 6.45) is 4.62. The van der Waals surface area contributed by atoms with Crippen molar-refractivity contribution in [3.8, 4) is 11.1 Å². The number of carbonyl (C=O) groups excluding carboxylic acids is 1. The number of H-pyrrole nitrogens is 1. The molecular formula is C27H25F4N7O. The maximum absolute atomic E-state index is 13.5. The van der Waals surface area contributed by atoms with Gasteiger partial charge < -0.3 is 10.2 Å². The molecule has 0 atom stereocenters. The molecule has 2 aliphatic heterocycles. The van der Waals surface area contributed by atoms with Crippen molar-refractivity contribution in [2.75, 3.05) is 36.4 Å². The van der Waals surface area contributed by atoms with Gasteiger partial charge in [0, 0.05) is 73.8 Å². The molecule has 1 amide bonds. The summed E-state index contributed by atoms with van der Waals surface area (Å²) in [4.78, 5) is 25.0. The summed E-state index contributed by atoms with van der Waals surface area (Å²) in [5.41, 5.74) is 3.83. The van der Waals surface area contributed by atoms with Gasteiger partial charge in [-0.05, 0) is 35.4 Å². The minimum atomic E-state index is -2.73. The summed E-state index contributed by atoms with van der Waals surface area (Å²) in [7, 11) is 0. The average molecular weight is 540 g/mol. The highest BCUT2D eigenvalue weighted by molar-refractivity contribution is 6.11. The molecule has 0 aliphatic carbocycles. The van der Waals surface area contributed by atoms with Crippen LogP contribution in [0.2, 0.25) is 0 Å². The van der Waals surface area contributed by atoms with Crippen LogP contribution in [0, 0.1) is 0 Å². The number of alkyl halides is 4. The summed E-state index contributed by atoms with van der Waals surface area (Å²) in [6, 6.07) is 10.7. The summed E-state index contributed by atoms with van der Waals surface area (Å²) < 4.78 is 53.5. The predicted molar refractivity (Wildman–Crippen MR) is 138 cm³/mol. The summed E-state index contributed by atoms with van der Waals surface area (Å²) in [5.74, 6) is -5.42. The molecule has 202 valence electrons. The standard InChI is InChI=1S/C27H25F4N7O/c28-26(29)4-7-37(8-5-26)14-17-9-19(13-32-12-17)18-1-2-22-21(10-18)24(36-35-22)25(39)34-20-3-6-33-23(11-20)38-15-27(30,31)16-38/h1-3,6,9-13H,4-5,7-8,14-16H2,(H,35,36)(H,33,34,39). The van der Waals surface area contributed by atoms with E-state index >= 15 is 0 Å². The van der Waals surface area contributed by atoms with Crippen molar-refractivity contribution in [1.82, 2.24) is 25.1 Å². The normalized spacial score (nSPS) is 18.6. The predicted octanol–water partition coefficient (Wildman–Crippen LogP) is 4.96. The van der Waals surface area contributed by atoms with E-state index in [0.717, 1.165) is 16.7 Å². The zero-order valence-corrected chi connectivity index (χ0v) is 20.8. The number of fused-ring (bicyclic) bond motifs is 1. The van der Waals surface area contributed by atoms with Crippen molar-refractivity contribution < 1.29 is 22.4 Å². The third-order valence-electron chi connectivity index (χ3n) is 7.07. The van der Waals surface area contributed by atoms with Gasteiger partial charge in [-0.15, -0.1) is 0 Å². The maximum atomic E-state index is 13.5. The number of benzene rings is 1. The van der Waals surface area contributed by atoms with Crippen LogP contribution in [0.3, 0.4) is 0 Å². The highest BCUT2D eigenvalue weighted by Crippen LogP contribution is 2.32. The Hall–Kier alpha value is -4.06. The number of halogens is 4. The van der Waals surface area contributed by atoms with Gasteiger partial charge in [-0.25, -0.2) is 22.5 Å². The summed E-state index contributed by atoms with van der Waals surface area (Å²) >= 11 is 0. The highest BCUT2D eigenvalue weighted by Gasteiger charge is 2.44. The van der Waals surface area contributed by atoms with Crippen LogP contribution in [-0.2, 0) is 6.54 Å². The number of aromatic amines is 1. The fourth-order valence-corrected chi connectivity index (χ4v) is 4.93. The summed E-state index contributed by atoms with van der Waals surface area (Å²) in [6.45, 7) is 0.379. The van der Waals surface area contributed by atoms with E-state index in [0.29, 0.717) is 42.0 Å². The Bertz CT molecular complexity index is 1520. The lowest BCUT2D eigenvalue weighted by Gasteiger charge is -2.39. The van der Waals surface area contributed by atoms with Gasteiger partial charge in [-0.3, -0.25) is 19.8 Å². The molecule has 8 nitrogen and oxygen atoms in total. The van der Waals surface area contributed by atoms with Gasteiger partial charge in [0.25, 0.3) is 17.8 Å². The van der Waals surface area contributed by atoms with E-state index in [1.807, 2.05) is 29.2 Å². The number of anilines is 2. The van der Waals surface area contributed by atoms with E-state index in [1.165, 1.54) is 11.1 Å². The minimum absolute atomic E-state index is 0.142. The number of pyridine rings is 2. The number of aromatic nitrogens is 4. The molecule has 2 N–H and O–H groups in total. The number of nitrogens with zero attached hydrogens (tertiary/aromatic N) is 5. The van der Waals surface area contributed by atoms with Gasteiger partial charge in [-0.2, -0.15) is 5.10 Å². The molecule has 2 saturated heterocycles. The van der Waals surface area contributed by atoms with E-state index in [9.17, 15) is 22.4 Å². The maximum Gasteiger partial charge on any atom is 0.282 e. The lowest BCUT2D eigenvalue weighted by atomic mass is 10.0. The first-order valence-corrected chi connectivity index (χ1v) is 12.6. The number of piperidine rings is 1. The van der Waals surface area contributed by atoms with Crippen molar-refractivity contribution in [3.05, 3.63) is 66.2 Å². The van der Waals surface area contributed by atoms with Gasteiger partial charge in [-0.1, -0.05) is 6.07 Å². The first-order valence-electron chi connectivity index (χ1n) is 12.6. The van der Waals surface area contributed by atoms with Crippen LogP contribution in [0.4, 0.5) is 29.1 Å². The SMILES string of the molecule is O=C(Nc1ccnc(N2CC(F)(F)C2)c1)c1n[nH]c2ccc(-c3cncc(CN4CCC(F)(F)CC4)c3)cc12. The molecule has 6 rings (SSSR count). The zero-order chi connectivity index (χ0) is 27.2. The first kappa shape index (κ1) is 25.2. The average Bonchev–Trinajstić information content (AvgIpc) is 3.32. The monoisotopic (exact) mass is 539 g/mol. The Balaban J connectivity index is 1.19. The van der Waals surface area contributed by atoms with E-state index in [-0.39, 0.29) is 18.5 Å². The van der Waals surface area contributed by atoms with E-state index in [2.05, 4.69) is 25.5 Å². The molecule has 0 unspecified atom stereocenters. The first-order chi connectivity index (χ1) is 18.6. The van der Waals surface area contributed by atoms with Gasteiger partial charge in [0.2, 0.25) is 0 Å². The molecule has 12 heteroatoms. The third-order valence-corrected chi connectivity index (χ3v) is 7.07. The second-order valence-corrected chi connectivity index (χ2v) is 10.1. The number of nitrogens with one attached hydrogen (secondary N) is 2. The van der Waals surface area contributed by atoms with Crippen molar-refractivity contribution in [1.29, 1.82) is 0 Å². The number of hydrogen-bond acceptors (Lipinski definition) is 6. The molecule has 0 bridgehead atoms. The van der Waals surface area contributed by atoms with Gasteiger partial charge in [0.05, 0.1) is 18.6 Å². The summed E-state index contributed by atoms with van der Waals surface area (Å²) in [5, 5.41) is 10.4.